The molecular formula is C14H13ClN4O3. The lowest BCUT2D eigenvalue weighted by molar-refractivity contribution is 0.188. The van der Waals surface area contributed by atoms with Crippen molar-refractivity contribution in [1.82, 2.24) is 20.3 Å². The Bertz CT molecular complexity index is 769. The molecule has 0 saturated carbocycles. The van der Waals surface area contributed by atoms with Crippen LogP contribution in [0.25, 0.3) is 11.4 Å². The van der Waals surface area contributed by atoms with Crippen LogP contribution in [0.2, 0.25) is 5.02 Å². The molecule has 2 aromatic heterocycles. The summed E-state index contributed by atoms with van der Waals surface area (Å²) < 4.78 is 15.5. The van der Waals surface area contributed by atoms with Gasteiger partial charge >= 0.3 is 6.08 Å². The summed E-state index contributed by atoms with van der Waals surface area (Å²) >= 11 is 6.08. The van der Waals surface area contributed by atoms with Gasteiger partial charge < -0.3 is 9.26 Å². The normalized spacial score (nSPS) is 11.1. The van der Waals surface area contributed by atoms with Crippen LogP contribution in [0, 0.1) is 0 Å². The zero-order valence-corrected chi connectivity index (χ0v) is 12.7. The van der Waals surface area contributed by atoms with Gasteiger partial charge in [0.05, 0.1) is 5.02 Å². The van der Waals surface area contributed by atoms with Crippen LogP contribution in [0.3, 0.4) is 0 Å². The summed E-state index contributed by atoms with van der Waals surface area (Å²) in [6.45, 7) is 4.01. The van der Waals surface area contributed by atoms with E-state index in [9.17, 15) is 0 Å². The van der Waals surface area contributed by atoms with Crippen LogP contribution in [0.5, 0.6) is 6.08 Å². The summed E-state index contributed by atoms with van der Waals surface area (Å²) in [5.41, 5.74) is 0.671. The summed E-state index contributed by atoms with van der Waals surface area (Å²) in [5.74, 6) is 1.50. The maximum absolute atomic E-state index is 6.08. The third-order valence-electron chi connectivity index (χ3n) is 2.82. The fraction of sp³-hybridized carbons (Fsp3) is 0.286. The highest BCUT2D eigenvalue weighted by molar-refractivity contribution is 6.33. The molecule has 0 amide bonds. The van der Waals surface area contributed by atoms with Crippen molar-refractivity contribution in [2.75, 3.05) is 0 Å². The molecule has 2 heterocycles. The molecule has 0 saturated heterocycles. The van der Waals surface area contributed by atoms with Crippen LogP contribution in [0.4, 0.5) is 0 Å². The Hall–Kier alpha value is -2.41. The molecule has 0 atom stereocenters. The van der Waals surface area contributed by atoms with Crippen LogP contribution < -0.4 is 4.74 Å². The van der Waals surface area contributed by atoms with Crippen molar-refractivity contribution in [3.8, 4) is 17.5 Å². The lowest BCUT2D eigenvalue weighted by Gasteiger charge is -1.96. The first-order chi connectivity index (χ1) is 10.6. The van der Waals surface area contributed by atoms with Crippen LogP contribution in [-0.4, -0.2) is 20.3 Å². The van der Waals surface area contributed by atoms with E-state index in [4.69, 9.17) is 25.4 Å². The van der Waals surface area contributed by atoms with Gasteiger partial charge in [-0.05, 0) is 12.1 Å². The molecule has 0 aliphatic rings. The number of aromatic nitrogens is 4. The van der Waals surface area contributed by atoms with Crippen molar-refractivity contribution >= 4 is 11.6 Å². The molecule has 1 aromatic carbocycles. The van der Waals surface area contributed by atoms with Gasteiger partial charge in [-0.25, -0.2) is 0 Å². The van der Waals surface area contributed by atoms with Gasteiger partial charge in [-0.1, -0.05) is 47.9 Å². The Balaban J connectivity index is 1.68. The number of benzene rings is 1. The minimum Gasteiger partial charge on any atom is -0.440 e. The van der Waals surface area contributed by atoms with E-state index in [1.54, 1.807) is 12.1 Å². The van der Waals surface area contributed by atoms with E-state index in [0.717, 1.165) is 0 Å². The summed E-state index contributed by atoms with van der Waals surface area (Å²) in [5, 5.41) is 8.18. The quantitative estimate of drug-likeness (QED) is 0.711. The van der Waals surface area contributed by atoms with E-state index in [1.165, 1.54) is 0 Å². The van der Waals surface area contributed by atoms with E-state index in [0.29, 0.717) is 28.1 Å². The van der Waals surface area contributed by atoms with Gasteiger partial charge in [0, 0.05) is 11.5 Å². The topological polar surface area (TPSA) is 87.1 Å². The number of ether oxygens (including phenoxy) is 1. The first kappa shape index (κ1) is 14.5. The minimum atomic E-state index is 0.0193. The molecule has 114 valence electrons. The average Bonchev–Trinajstić information content (AvgIpc) is 3.15. The fourth-order valence-electron chi connectivity index (χ4n) is 1.71. The van der Waals surface area contributed by atoms with Crippen molar-refractivity contribution in [2.45, 2.75) is 26.4 Å². The predicted molar refractivity (Wildman–Crippen MR) is 77.5 cm³/mol. The predicted octanol–water partition coefficient (Wildman–Crippen LogP) is 3.48. The number of nitrogens with zero attached hydrogens (tertiary/aromatic N) is 4. The highest BCUT2D eigenvalue weighted by Gasteiger charge is 2.14. The minimum absolute atomic E-state index is 0.0193. The summed E-state index contributed by atoms with van der Waals surface area (Å²) in [6, 6.07) is 7.21. The molecule has 0 bridgehead atoms. The van der Waals surface area contributed by atoms with Gasteiger partial charge in [-0.2, -0.15) is 9.97 Å². The largest absolute Gasteiger partial charge is 0.440 e. The van der Waals surface area contributed by atoms with Crippen molar-refractivity contribution in [1.29, 1.82) is 0 Å². The van der Waals surface area contributed by atoms with E-state index >= 15 is 0 Å². The first-order valence-corrected chi connectivity index (χ1v) is 7.05. The molecular weight excluding hydrogens is 308 g/mol. The molecule has 8 heteroatoms. The molecule has 0 aliphatic heterocycles. The Morgan fingerprint density at radius 3 is 2.68 bits per heavy atom. The molecule has 7 nitrogen and oxygen atoms in total. The van der Waals surface area contributed by atoms with Crippen LogP contribution in [0.15, 0.2) is 33.3 Å². The van der Waals surface area contributed by atoms with Gasteiger partial charge in [-0.3, -0.25) is 4.52 Å². The third kappa shape index (κ3) is 3.09. The number of hydrogen-bond acceptors (Lipinski definition) is 7. The molecule has 0 N–H and O–H groups in total. The fourth-order valence-corrected chi connectivity index (χ4v) is 1.93. The maximum atomic E-state index is 6.08. The molecule has 22 heavy (non-hydrogen) atoms. The second-order valence-electron chi connectivity index (χ2n) is 4.86. The summed E-state index contributed by atoms with van der Waals surface area (Å²) in [6.07, 6.45) is 0.0193. The van der Waals surface area contributed by atoms with Gasteiger partial charge in [-0.15, -0.1) is 0 Å². The molecule has 0 spiro atoms. The Morgan fingerprint density at radius 1 is 1.14 bits per heavy atom. The molecule has 0 radical (unpaired) electrons. The Labute approximate surface area is 131 Å². The zero-order valence-electron chi connectivity index (χ0n) is 12.0. The standard InChI is InChI=1S/C14H13ClN4O3/c1-8(2)13-16-11(18-21-13)7-20-14-17-12(19-22-14)9-5-3-4-6-10(9)15/h3-6,8H,7H2,1-2H3. The van der Waals surface area contributed by atoms with E-state index in [1.807, 2.05) is 26.0 Å². The molecule has 3 aromatic rings. The van der Waals surface area contributed by atoms with E-state index in [-0.39, 0.29) is 18.6 Å². The van der Waals surface area contributed by atoms with Gasteiger partial charge in [0.15, 0.2) is 6.61 Å². The average molecular weight is 321 g/mol. The van der Waals surface area contributed by atoms with Crippen molar-refractivity contribution in [2.24, 2.45) is 0 Å². The van der Waals surface area contributed by atoms with Crippen molar-refractivity contribution in [3.05, 3.63) is 41.0 Å². The monoisotopic (exact) mass is 320 g/mol. The maximum Gasteiger partial charge on any atom is 0.418 e. The lowest BCUT2D eigenvalue weighted by atomic mass is 10.2. The van der Waals surface area contributed by atoms with Gasteiger partial charge in [0.25, 0.3) is 0 Å². The Morgan fingerprint density at radius 2 is 1.95 bits per heavy atom. The SMILES string of the molecule is CC(C)c1nc(COc2nc(-c3ccccc3Cl)no2)no1. The number of rotatable bonds is 5. The van der Waals surface area contributed by atoms with E-state index in [2.05, 4.69) is 20.3 Å². The molecule has 0 fully saturated rings. The number of halogens is 1. The molecule has 3 rings (SSSR count). The van der Waals surface area contributed by atoms with E-state index < -0.39 is 0 Å². The zero-order chi connectivity index (χ0) is 15.5. The van der Waals surface area contributed by atoms with Crippen LogP contribution in [-0.2, 0) is 6.61 Å². The first-order valence-electron chi connectivity index (χ1n) is 6.67. The van der Waals surface area contributed by atoms with Gasteiger partial charge in [0.1, 0.15) is 0 Å². The Kier molecular flexibility index (Phi) is 4.06. The van der Waals surface area contributed by atoms with Crippen LogP contribution >= 0.6 is 11.6 Å². The molecule has 0 unspecified atom stereocenters. The summed E-state index contributed by atoms with van der Waals surface area (Å²) in [7, 11) is 0. The van der Waals surface area contributed by atoms with Crippen molar-refractivity contribution in [3.63, 3.8) is 0 Å². The van der Waals surface area contributed by atoms with Crippen molar-refractivity contribution < 1.29 is 13.8 Å². The highest BCUT2D eigenvalue weighted by atomic mass is 35.5. The summed E-state index contributed by atoms with van der Waals surface area (Å²) in [4.78, 5) is 8.32. The smallest absolute Gasteiger partial charge is 0.418 e. The molecule has 0 aliphatic carbocycles. The third-order valence-corrected chi connectivity index (χ3v) is 3.15. The van der Waals surface area contributed by atoms with Gasteiger partial charge in [0.2, 0.25) is 17.5 Å². The highest BCUT2D eigenvalue weighted by Crippen LogP contribution is 2.26. The number of hydrogen-bond donors (Lipinski definition) is 0. The second-order valence-corrected chi connectivity index (χ2v) is 5.26. The second kappa shape index (κ2) is 6.15. The van der Waals surface area contributed by atoms with Crippen LogP contribution in [0.1, 0.15) is 31.5 Å². The lowest BCUT2D eigenvalue weighted by Crippen LogP contribution is -1.98.